The van der Waals surface area contributed by atoms with Gasteiger partial charge in [-0.3, -0.25) is 9.59 Å². The molecule has 0 bridgehead atoms. The Morgan fingerprint density at radius 2 is 0.953 bits per heavy atom. The molecule has 0 aromatic rings. The molecule has 5 aliphatic heterocycles. The molecular formula is C73H134N2O32. The van der Waals surface area contributed by atoms with Crippen molar-refractivity contribution in [3.05, 3.63) is 0 Å². The van der Waals surface area contributed by atoms with Crippen LogP contribution in [0.2, 0.25) is 0 Å². The maximum atomic E-state index is 13.8. The fourth-order valence-electron chi connectivity index (χ4n) is 14.4. The van der Waals surface area contributed by atoms with Crippen LogP contribution >= 0.6 is 0 Å². The van der Waals surface area contributed by atoms with Gasteiger partial charge in [-0.1, -0.05) is 194 Å². The fraction of sp³-hybridized carbons (Fsp3) is 0.959. The van der Waals surface area contributed by atoms with E-state index in [9.17, 15) is 111 Å². The van der Waals surface area contributed by atoms with E-state index in [1.54, 1.807) is 0 Å². The van der Waals surface area contributed by atoms with Crippen LogP contribution in [0.25, 0.3) is 0 Å². The van der Waals surface area contributed by atoms with E-state index in [-0.39, 0.29) is 12.8 Å². The molecule has 2 amide bonds. The second kappa shape index (κ2) is 49.8. The van der Waals surface area contributed by atoms with E-state index in [0.29, 0.717) is 18.8 Å². The van der Waals surface area contributed by atoms with Gasteiger partial charge in [-0.25, -0.2) is 4.79 Å². The normalized spacial score (nSPS) is 34.6. The van der Waals surface area contributed by atoms with E-state index >= 15 is 0 Å². The van der Waals surface area contributed by atoms with Gasteiger partial charge in [0.05, 0.1) is 63.9 Å². The average Bonchev–Trinajstić information content (AvgIpc) is 0.745. The van der Waals surface area contributed by atoms with Gasteiger partial charge in [0.1, 0.15) is 122 Å². The van der Waals surface area contributed by atoms with E-state index in [0.717, 1.165) is 77.6 Å². The molecule has 0 aromatic carbocycles. The van der Waals surface area contributed by atoms with Crippen LogP contribution in [0.4, 0.5) is 0 Å². The summed E-state index contributed by atoms with van der Waals surface area (Å²) in [6.45, 7) is 1.81. The Balaban J connectivity index is 1.27. The molecule has 5 heterocycles. The third-order valence-electron chi connectivity index (χ3n) is 21.0. The van der Waals surface area contributed by atoms with Gasteiger partial charge in [0, 0.05) is 13.3 Å². The largest absolute Gasteiger partial charge is 0.477 e. The Kier molecular flexibility index (Phi) is 44.2. The lowest BCUT2D eigenvalue weighted by molar-refractivity contribution is -0.394. The third kappa shape index (κ3) is 29.6. The van der Waals surface area contributed by atoms with Crippen LogP contribution in [0.1, 0.15) is 220 Å². The first-order chi connectivity index (χ1) is 51.1. The van der Waals surface area contributed by atoms with Gasteiger partial charge in [0.25, 0.3) is 5.79 Å². The smallest absolute Gasteiger partial charge is 0.364 e. The number of carbonyl (C=O) groups excluding carboxylic acids is 2. The summed E-state index contributed by atoms with van der Waals surface area (Å²) in [4.78, 5) is 40.4. The zero-order chi connectivity index (χ0) is 78.9. The first-order valence-electron chi connectivity index (χ1n) is 39.4. The van der Waals surface area contributed by atoms with Crippen molar-refractivity contribution in [2.75, 3.05) is 39.6 Å². The van der Waals surface area contributed by atoms with Crippen LogP contribution in [-0.2, 0) is 61.8 Å². The van der Waals surface area contributed by atoms with Crippen molar-refractivity contribution in [2.24, 2.45) is 5.92 Å². The molecule has 29 atom stereocenters. The number of aliphatic carboxylic acids is 1. The molecule has 0 radical (unpaired) electrons. The summed E-state index contributed by atoms with van der Waals surface area (Å²) in [6.07, 6.45) is -23.4. The Bertz CT molecular complexity index is 2410. The molecule has 5 saturated heterocycles. The summed E-state index contributed by atoms with van der Waals surface area (Å²) in [7, 11) is 0. The standard InChI is InChI=1S/C73H134N2O32/c1-5-6-7-8-9-10-11-12-13-14-15-16-17-18-19-24-27-30-33-45(82)67(95)75-43(53(85)44(81)32-29-26-23-21-20-22-25-28-31-41(2)3)39-98-68-60(92)57(89)64(50(37-78)102-68)105-71-62(94)66(56(88)49(36-77)101-71)107-73(72(96)97)34-48(52(74-42(4)80)65(106-73)55(87)46(83)35-76)100-70-61(93)58(90)63(51(38-79)103-70)104-69-59(91)54(86)47(84)40-99-69/h41,43-66,68-71,76-79,81-94H,5-40H2,1-4H3,(H,74,80)(H,75,95)(H,96,97)/t43-,44+,45+,46+,47-,48-,49+,50+,51+,52+,53-,54-,55+,56-,57+,58+,59+,60+,61+,62+,63-,64+,65+,66-,68+,69+,70-,71-,73-/m0/s1. The van der Waals surface area contributed by atoms with E-state index in [4.69, 9.17) is 47.4 Å². The zero-order valence-corrected chi connectivity index (χ0v) is 63.0. The topological polar surface area (TPSA) is 552 Å². The third-order valence-corrected chi connectivity index (χ3v) is 21.0. The van der Waals surface area contributed by atoms with Crippen molar-refractivity contribution in [3.8, 4) is 0 Å². The zero-order valence-electron chi connectivity index (χ0n) is 63.0. The Hall–Kier alpha value is -2.71. The van der Waals surface area contributed by atoms with Crippen molar-refractivity contribution in [2.45, 2.75) is 398 Å². The molecule has 0 aromatic heterocycles. The highest BCUT2D eigenvalue weighted by atomic mass is 16.8. The number of nitrogens with one attached hydrogen (secondary N) is 2. The number of carbonyl (C=O) groups is 3. The van der Waals surface area contributed by atoms with Crippen molar-refractivity contribution in [1.82, 2.24) is 10.6 Å². The quantitative estimate of drug-likeness (QED) is 0.0313. The summed E-state index contributed by atoms with van der Waals surface area (Å²) >= 11 is 0. The summed E-state index contributed by atoms with van der Waals surface area (Å²) in [5.41, 5.74) is 0. The van der Waals surface area contributed by atoms with Crippen molar-refractivity contribution < 1.29 is 159 Å². The van der Waals surface area contributed by atoms with E-state index in [2.05, 4.69) is 31.4 Å². The SMILES string of the molecule is CCCCCCCCCCCCCCCCCCCC[C@@H](O)C(=O)N[C@@H](CO[C@@H]1O[C@H](CO)[C@@H](O[C@@H]2O[C@H](CO)[C@H](O)[C@H](O[C@]3(C(=O)O)C[C@H](O[C@H]4O[C@H](CO)[C@H](O[C@H]5OC[C@H](O)[C@H](O)[C@H]5O)[C@H](O)[C@H]4O)[C@@H](NC(C)=O)[C@H]([C@H](O)[C@H](O)CO)O3)[C@H]2O)[C@H](O)[C@H]1O)[C@H](O)[C@H](O)CCCCCCCCCCC(C)C. The molecule has 5 fully saturated rings. The summed E-state index contributed by atoms with van der Waals surface area (Å²) < 4.78 is 58.0. The monoisotopic (exact) mass is 1550 g/mol. The van der Waals surface area contributed by atoms with E-state index in [1.807, 2.05) is 0 Å². The molecule has 5 rings (SSSR count). The van der Waals surface area contributed by atoms with E-state index in [1.165, 1.54) is 89.9 Å². The molecule has 0 saturated carbocycles. The second-order valence-electron chi connectivity index (χ2n) is 30.3. The molecule has 34 heteroatoms. The number of hydrogen-bond acceptors (Lipinski definition) is 31. The number of aliphatic hydroxyl groups is 18. The molecule has 0 unspecified atom stereocenters. The Morgan fingerprint density at radius 3 is 1.44 bits per heavy atom. The van der Waals surface area contributed by atoms with Gasteiger partial charge in [-0.05, 0) is 18.8 Å². The predicted molar refractivity (Wildman–Crippen MR) is 377 cm³/mol. The number of rotatable bonds is 53. The highest BCUT2D eigenvalue weighted by Gasteiger charge is 2.62. The lowest BCUT2D eigenvalue weighted by atomic mass is 9.87. The van der Waals surface area contributed by atoms with Crippen molar-refractivity contribution >= 4 is 17.8 Å². The van der Waals surface area contributed by atoms with Crippen LogP contribution in [0.3, 0.4) is 0 Å². The molecule has 0 spiro atoms. The number of aliphatic hydroxyl groups excluding tert-OH is 18. The van der Waals surface area contributed by atoms with Gasteiger partial charge < -0.3 is 155 Å². The molecule has 107 heavy (non-hydrogen) atoms. The van der Waals surface area contributed by atoms with Crippen LogP contribution in [0.5, 0.6) is 0 Å². The highest BCUT2D eigenvalue weighted by Crippen LogP contribution is 2.41. The highest BCUT2D eigenvalue weighted by molar-refractivity contribution is 5.80. The number of carboxylic acid groups (broad SMARTS) is 1. The molecule has 34 nitrogen and oxygen atoms in total. The Labute approximate surface area is 628 Å². The summed E-state index contributed by atoms with van der Waals surface area (Å²) in [5.74, 6) is -6.72. The molecule has 21 N–H and O–H groups in total. The lowest BCUT2D eigenvalue weighted by Gasteiger charge is -2.52. The van der Waals surface area contributed by atoms with Gasteiger partial charge in [0.2, 0.25) is 11.8 Å². The van der Waals surface area contributed by atoms with Gasteiger partial charge >= 0.3 is 5.97 Å². The minimum absolute atomic E-state index is 0.0918. The number of ether oxygens (including phenoxy) is 10. The molecular weight excluding hydrogens is 1420 g/mol. The van der Waals surface area contributed by atoms with Crippen LogP contribution in [0.15, 0.2) is 0 Å². The van der Waals surface area contributed by atoms with Crippen LogP contribution in [-0.4, -0.2) is 332 Å². The van der Waals surface area contributed by atoms with Crippen molar-refractivity contribution in [3.63, 3.8) is 0 Å². The molecule has 628 valence electrons. The maximum absolute atomic E-state index is 13.8. The number of unbranched alkanes of at least 4 members (excludes halogenated alkanes) is 24. The average molecular weight is 1550 g/mol. The Morgan fingerprint density at radius 1 is 0.505 bits per heavy atom. The first kappa shape index (κ1) is 94.9. The molecule has 5 aliphatic rings. The number of hydrogen-bond donors (Lipinski definition) is 21. The van der Waals surface area contributed by atoms with Gasteiger partial charge in [-0.2, -0.15) is 0 Å². The maximum Gasteiger partial charge on any atom is 0.364 e. The molecule has 0 aliphatic carbocycles. The van der Waals surface area contributed by atoms with Crippen LogP contribution < -0.4 is 10.6 Å². The first-order valence-corrected chi connectivity index (χ1v) is 39.4. The number of carboxylic acids is 1. The van der Waals surface area contributed by atoms with Gasteiger partial charge in [0.15, 0.2) is 25.2 Å². The summed E-state index contributed by atoms with van der Waals surface area (Å²) in [5, 5.41) is 215. The predicted octanol–water partition coefficient (Wildman–Crippen LogP) is -1.36. The van der Waals surface area contributed by atoms with E-state index < -0.39 is 241 Å². The van der Waals surface area contributed by atoms with Gasteiger partial charge in [-0.15, -0.1) is 0 Å². The fourth-order valence-corrected chi connectivity index (χ4v) is 14.4. The minimum Gasteiger partial charge on any atom is -0.477 e. The second-order valence-corrected chi connectivity index (χ2v) is 30.3. The summed E-state index contributed by atoms with van der Waals surface area (Å²) in [6, 6.07) is -3.33. The number of amides is 2. The van der Waals surface area contributed by atoms with Crippen molar-refractivity contribution in [1.29, 1.82) is 0 Å². The van der Waals surface area contributed by atoms with Crippen LogP contribution in [0, 0.1) is 5.92 Å². The lowest BCUT2D eigenvalue weighted by Crippen LogP contribution is -2.72. The minimum atomic E-state index is -3.40.